The molecular weight excluding hydrogens is 845 g/mol. The molecule has 4 aromatic carbocycles. The minimum absolute atomic E-state index is 0.0557. The van der Waals surface area contributed by atoms with Gasteiger partial charge >= 0.3 is 12.2 Å². The maximum Gasteiger partial charge on any atom is 0.407 e. The molecule has 2 saturated heterocycles. The van der Waals surface area contributed by atoms with E-state index in [9.17, 15) is 19.2 Å². The minimum Gasteiger partial charge on any atom is -0.488 e. The molecule has 4 aliphatic rings. The van der Waals surface area contributed by atoms with Gasteiger partial charge in [-0.1, -0.05) is 48.5 Å². The molecule has 17 nitrogen and oxygen atoms in total. The Bertz CT molecular complexity index is 2850. The Morgan fingerprint density at radius 3 is 2.42 bits per heavy atom. The molecule has 3 unspecified atom stereocenters. The van der Waals surface area contributed by atoms with Crippen LogP contribution in [0.2, 0.25) is 0 Å². The Kier molecular flexibility index (Phi) is 11.3. The second-order valence-corrected chi connectivity index (χ2v) is 17.7. The Hall–Kier alpha value is -6.98. The van der Waals surface area contributed by atoms with Crippen molar-refractivity contribution in [3.05, 3.63) is 102 Å². The molecule has 10 rings (SSSR count). The number of imidazole rings is 2. The van der Waals surface area contributed by atoms with Crippen molar-refractivity contribution in [3.8, 4) is 28.1 Å². The van der Waals surface area contributed by atoms with Gasteiger partial charge in [-0.15, -0.1) is 0 Å². The number of carbonyl (C=O) groups excluding carboxylic acids is 4. The first-order valence-corrected chi connectivity index (χ1v) is 22.2. The molecule has 4 N–H and O–H groups in total. The average Bonchev–Trinajstić information content (AvgIpc) is 3.81. The van der Waals surface area contributed by atoms with Crippen LogP contribution in [0.25, 0.3) is 44.2 Å². The summed E-state index contributed by atoms with van der Waals surface area (Å²) in [5, 5.41) is 7.32. The van der Waals surface area contributed by atoms with Crippen molar-refractivity contribution in [2.75, 3.05) is 41.6 Å². The van der Waals surface area contributed by atoms with E-state index in [4.69, 9.17) is 33.7 Å². The van der Waals surface area contributed by atoms with Gasteiger partial charge in [0.1, 0.15) is 36.1 Å². The quantitative estimate of drug-likeness (QED) is 0.102. The van der Waals surface area contributed by atoms with Crippen LogP contribution in [0.15, 0.2) is 79.0 Å². The first kappa shape index (κ1) is 42.9. The van der Waals surface area contributed by atoms with Crippen LogP contribution < -0.4 is 15.4 Å². The van der Waals surface area contributed by atoms with Gasteiger partial charge in [-0.05, 0) is 84.0 Å². The Morgan fingerprint density at radius 1 is 0.848 bits per heavy atom. The number of fused-ring (bicyclic) bond motifs is 7. The normalized spacial score (nSPS) is 21.9. The van der Waals surface area contributed by atoms with Gasteiger partial charge in [0.25, 0.3) is 5.91 Å². The second kappa shape index (κ2) is 17.4. The number of benzene rings is 4. The summed E-state index contributed by atoms with van der Waals surface area (Å²) in [6.07, 6.45) is 2.17. The molecule has 0 bridgehead atoms. The Balaban J connectivity index is 0.912. The van der Waals surface area contributed by atoms with Crippen molar-refractivity contribution in [2.24, 2.45) is 11.8 Å². The molecule has 1 aliphatic carbocycles. The number of aromatic nitrogens is 4. The minimum atomic E-state index is -0.958. The number of nitrogens with one attached hydrogen (secondary N) is 4. The third-order valence-electron chi connectivity index (χ3n) is 13.7. The van der Waals surface area contributed by atoms with Crippen LogP contribution in [-0.4, -0.2) is 114 Å². The van der Waals surface area contributed by atoms with Gasteiger partial charge in [0, 0.05) is 43.7 Å². The zero-order valence-corrected chi connectivity index (χ0v) is 37.3. The fourth-order valence-corrected chi connectivity index (χ4v) is 10.2. The van der Waals surface area contributed by atoms with E-state index in [1.54, 1.807) is 25.1 Å². The van der Waals surface area contributed by atoms with E-state index >= 15 is 0 Å². The predicted octanol–water partition coefficient (Wildman–Crippen LogP) is 6.72. The van der Waals surface area contributed by atoms with Gasteiger partial charge in [0.2, 0.25) is 5.91 Å². The van der Waals surface area contributed by atoms with Gasteiger partial charge in [0.15, 0.2) is 0 Å². The third kappa shape index (κ3) is 7.74. The summed E-state index contributed by atoms with van der Waals surface area (Å²) in [4.78, 5) is 73.7. The number of carbonyl (C=O) groups is 4. The number of amides is 4. The number of aromatic amines is 2. The molecule has 0 spiro atoms. The summed E-state index contributed by atoms with van der Waals surface area (Å²) in [6, 6.07) is 21.3. The van der Waals surface area contributed by atoms with Crippen LogP contribution >= 0.6 is 0 Å². The van der Waals surface area contributed by atoms with Crippen molar-refractivity contribution in [2.45, 2.75) is 69.1 Å². The smallest absolute Gasteiger partial charge is 0.407 e. The lowest BCUT2D eigenvalue weighted by Gasteiger charge is -2.32. The third-order valence-corrected chi connectivity index (χ3v) is 13.7. The molecule has 6 aromatic rings. The molecule has 4 amide bonds. The summed E-state index contributed by atoms with van der Waals surface area (Å²) in [5.41, 5.74) is 7.06. The van der Waals surface area contributed by atoms with Gasteiger partial charge in [-0.2, -0.15) is 0 Å². The number of H-pyrrole nitrogens is 2. The standard InChI is InChI=1S/C49H52N8O9/c1-25(63-3)41(54-48(60)64-4)47(59)57-37-18-30(37)19-39(57)44-50-21-36(52-44)29-11-13-32-31(16-29)24-66-40-20-33-28(17-34(32)40)12-14-35-43(33)53-45(51-35)38-15-26(23-62-2)22-56(38)46(58)42(55-49(61)65-5)27-9-7-6-8-10-27/h6-14,16-17,20-21,25-26,30,37-39,41-42H,15,18-19,22-24H2,1-5H3,(H,50,52)(H,51,53)(H,54,60)(H,55,61)/t25-,26+,30-,37-,38?,39?,41-,42?/m1/s1. The first-order chi connectivity index (χ1) is 32.1. The number of nitrogens with zero attached hydrogens (tertiary/aromatic N) is 4. The molecule has 3 aliphatic heterocycles. The van der Waals surface area contributed by atoms with E-state index < -0.39 is 36.4 Å². The fraction of sp³-hybridized carbons (Fsp3) is 0.388. The molecule has 3 fully saturated rings. The molecule has 8 atom stereocenters. The van der Waals surface area contributed by atoms with Gasteiger partial charge in [-0.3, -0.25) is 9.59 Å². The van der Waals surface area contributed by atoms with Crippen LogP contribution in [0.1, 0.15) is 67.1 Å². The van der Waals surface area contributed by atoms with Crippen molar-refractivity contribution in [3.63, 3.8) is 0 Å². The molecule has 5 heterocycles. The number of hydrogen-bond donors (Lipinski definition) is 4. The average molecular weight is 897 g/mol. The maximum atomic E-state index is 14.4. The Morgan fingerprint density at radius 2 is 1.65 bits per heavy atom. The highest BCUT2D eigenvalue weighted by Gasteiger charge is 2.56. The monoisotopic (exact) mass is 896 g/mol. The lowest BCUT2D eigenvalue weighted by Crippen LogP contribution is -2.54. The number of alkyl carbamates (subject to hydrolysis) is 2. The van der Waals surface area contributed by atoms with E-state index in [2.05, 4.69) is 50.9 Å². The molecule has 0 radical (unpaired) electrons. The lowest BCUT2D eigenvalue weighted by molar-refractivity contribution is -0.139. The SMILES string of the molecule is COC[C@H]1CC(c2nc3c(ccc4cc5c(cc43)OCc3cc(-c4cnc(C6C[C@H]7C[C@H]7N6C(=O)[C@H](NC(=O)OC)[C@@H](C)OC)[nH]4)ccc3-5)[nH]2)N(C(=O)C(NC(=O)OC)c2ccccc2)C1. The maximum absolute atomic E-state index is 14.4. The summed E-state index contributed by atoms with van der Waals surface area (Å²) in [7, 11) is 5.71. The zero-order chi connectivity index (χ0) is 45.8. The lowest BCUT2D eigenvalue weighted by atomic mass is 9.92. The molecule has 2 aromatic heterocycles. The molecular formula is C49H52N8O9. The van der Waals surface area contributed by atoms with Crippen LogP contribution in [-0.2, 0) is 35.1 Å². The topological polar surface area (TPSA) is 202 Å². The zero-order valence-electron chi connectivity index (χ0n) is 37.3. The second-order valence-electron chi connectivity index (χ2n) is 17.7. The van der Waals surface area contributed by atoms with Crippen LogP contribution in [0.5, 0.6) is 5.75 Å². The van der Waals surface area contributed by atoms with E-state index in [0.29, 0.717) is 49.3 Å². The van der Waals surface area contributed by atoms with E-state index in [0.717, 1.165) is 68.3 Å². The fourth-order valence-electron chi connectivity index (χ4n) is 10.2. The Labute approximate surface area is 380 Å². The molecule has 342 valence electrons. The van der Waals surface area contributed by atoms with Crippen LogP contribution in [0.3, 0.4) is 0 Å². The molecule has 66 heavy (non-hydrogen) atoms. The van der Waals surface area contributed by atoms with Crippen molar-refractivity contribution in [1.82, 2.24) is 40.4 Å². The molecule has 17 heteroatoms. The molecule has 1 saturated carbocycles. The predicted molar refractivity (Wildman–Crippen MR) is 242 cm³/mol. The van der Waals surface area contributed by atoms with Gasteiger partial charge in [-0.25, -0.2) is 19.6 Å². The van der Waals surface area contributed by atoms with E-state index in [1.807, 2.05) is 47.4 Å². The van der Waals surface area contributed by atoms with Crippen molar-refractivity contribution in [1.29, 1.82) is 0 Å². The van der Waals surface area contributed by atoms with Crippen molar-refractivity contribution < 1.29 is 42.9 Å². The van der Waals surface area contributed by atoms with E-state index in [1.165, 1.54) is 21.3 Å². The largest absolute Gasteiger partial charge is 0.488 e. The first-order valence-electron chi connectivity index (χ1n) is 22.2. The number of piperidine rings is 1. The number of likely N-dealkylation sites (tertiary alicyclic amines) is 2. The highest BCUT2D eigenvalue weighted by atomic mass is 16.5. The van der Waals surface area contributed by atoms with Crippen LogP contribution in [0, 0.1) is 11.8 Å². The summed E-state index contributed by atoms with van der Waals surface area (Å²) in [5.74, 6) is 2.04. The van der Waals surface area contributed by atoms with Gasteiger partial charge in [0.05, 0.1) is 61.9 Å². The number of hydrogen-bond acceptors (Lipinski definition) is 11. The van der Waals surface area contributed by atoms with Crippen molar-refractivity contribution >= 4 is 45.8 Å². The van der Waals surface area contributed by atoms with E-state index in [-0.39, 0.29) is 29.8 Å². The number of methoxy groups -OCH3 is 4. The summed E-state index contributed by atoms with van der Waals surface area (Å²) in [6.45, 7) is 3.00. The highest BCUT2D eigenvalue weighted by molar-refractivity contribution is 6.07. The summed E-state index contributed by atoms with van der Waals surface area (Å²) < 4.78 is 27.2. The number of ether oxygens (including phenoxy) is 5. The highest BCUT2D eigenvalue weighted by Crippen LogP contribution is 2.53. The van der Waals surface area contributed by atoms with Crippen LogP contribution in [0.4, 0.5) is 9.59 Å². The number of rotatable bonds is 12. The van der Waals surface area contributed by atoms with Gasteiger partial charge < -0.3 is 54.1 Å². The summed E-state index contributed by atoms with van der Waals surface area (Å²) >= 11 is 0.